The van der Waals surface area contributed by atoms with Gasteiger partial charge in [-0.3, -0.25) is 4.79 Å². The summed E-state index contributed by atoms with van der Waals surface area (Å²) in [4.78, 5) is 12.2. The molecule has 0 saturated carbocycles. The molecule has 0 N–H and O–H groups in total. The molecule has 1 aromatic rings. The van der Waals surface area contributed by atoms with Crippen LogP contribution in [0.25, 0.3) is 0 Å². The van der Waals surface area contributed by atoms with Crippen LogP contribution < -0.4 is 5.56 Å². The maximum Gasteiger partial charge on any atom is 0.254 e. The summed E-state index contributed by atoms with van der Waals surface area (Å²) in [5.41, 5.74) is 0.751. The molecule has 84 valence electrons. The van der Waals surface area contributed by atoms with Crippen molar-refractivity contribution in [1.82, 2.24) is 4.57 Å². The fraction of sp³-hybridized carbons (Fsp3) is 0.615. The fourth-order valence-corrected chi connectivity index (χ4v) is 1.59. The highest BCUT2D eigenvalue weighted by Gasteiger charge is 2.22. The molecular formula is C13H21NO. The Morgan fingerprint density at radius 2 is 1.60 bits per heavy atom. The third-order valence-electron chi connectivity index (χ3n) is 2.48. The molecule has 1 aromatic heterocycles. The summed E-state index contributed by atoms with van der Waals surface area (Å²) in [5.74, 6) is 0. The number of pyridine rings is 1. The van der Waals surface area contributed by atoms with Gasteiger partial charge in [-0.15, -0.1) is 0 Å². The number of hydrogen-bond acceptors (Lipinski definition) is 1. The predicted octanol–water partition coefficient (Wildman–Crippen LogP) is 2.90. The van der Waals surface area contributed by atoms with Crippen LogP contribution in [0.5, 0.6) is 0 Å². The Labute approximate surface area is 91.9 Å². The van der Waals surface area contributed by atoms with Gasteiger partial charge in [0.2, 0.25) is 0 Å². The van der Waals surface area contributed by atoms with Gasteiger partial charge in [0.1, 0.15) is 0 Å². The second-order valence-corrected chi connectivity index (χ2v) is 6.02. The molecule has 0 aliphatic heterocycles. The minimum absolute atomic E-state index is 0.0919. The Hall–Kier alpha value is -1.05. The zero-order valence-electron chi connectivity index (χ0n) is 10.6. The molecule has 0 unspecified atom stereocenters. The van der Waals surface area contributed by atoms with E-state index in [9.17, 15) is 4.79 Å². The fourth-order valence-electron chi connectivity index (χ4n) is 1.59. The van der Waals surface area contributed by atoms with Gasteiger partial charge < -0.3 is 4.57 Å². The summed E-state index contributed by atoms with van der Waals surface area (Å²) < 4.78 is 1.80. The molecule has 15 heavy (non-hydrogen) atoms. The molecule has 0 radical (unpaired) electrons. The summed E-state index contributed by atoms with van der Waals surface area (Å²) in [6.45, 7) is 12.3. The van der Waals surface area contributed by atoms with E-state index in [1.165, 1.54) is 0 Å². The van der Waals surface area contributed by atoms with Gasteiger partial charge in [0, 0.05) is 17.3 Å². The molecular weight excluding hydrogens is 186 g/mol. The molecule has 2 nitrogen and oxygen atoms in total. The van der Waals surface area contributed by atoms with Crippen molar-refractivity contribution in [2.45, 2.75) is 52.5 Å². The lowest BCUT2D eigenvalue weighted by atomic mass is 9.88. The van der Waals surface area contributed by atoms with Crippen molar-refractivity contribution in [2.24, 2.45) is 0 Å². The molecule has 0 aliphatic carbocycles. The van der Waals surface area contributed by atoms with Crippen molar-refractivity contribution in [3.63, 3.8) is 0 Å². The van der Waals surface area contributed by atoms with Gasteiger partial charge in [0.15, 0.2) is 0 Å². The first-order valence-electron chi connectivity index (χ1n) is 5.36. The molecule has 1 heterocycles. The highest BCUT2D eigenvalue weighted by atomic mass is 16.1. The summed E-state index contributed by atoms with van der Waals surface area (Å²) >= 11 is 0. The third kappa shape index (κ3) is 2.49. The van der Waals surface area contributed by atoms with Crippen LogP contribution in [0, 0.1) is 0 Å². The standard InChI is InChI=1S/C13H21NO/c1-12(2,3)10-8-7-9-14(11(10)15)13(4,5)6/h7-9H,1-6H3. The Balaban J connectivity index is 3.44. The number of rotatable bonds is 0. The predicted molar refractivity (Wildman–Crippen MR) is 64.4 cm³/mol. The van der Waals surface area contributed by atoms with Crippen LogP contribution in [-0.2, 0) is 11.0 Å². The van der Waals surface area contributed by atoms with Crippen molar-refractivity contribution in [2.75, 3.05) is 0 Å². The molecule has 0 aliphatic rings. The molecule has 0 amide bonds. The molecule has 0 saturated heterocycles. The zero-order chi connectivity index (χ0) is 11.9. The topological polar surface area (TPSA) is 22.0 Å². The van der Waals surface area contributed by atoms with E-state index in [1.54, 1.807) is 4.57 Å². The van der Waals surface area contributed by atoms with Crippen molar-refractivity contribution in [3.05, 3.63) is 34.2 Å². The summed E-state index contributed by atoms with van der Waals surface area (Å²) in [7, 11) is 0. The highest BCUT2D eigenvalue weighted by Crippen LogP contribution is 2.19. The molecule has 0 spiro atoms. The average Bonchev–Trinajstić information content (AvgIpc) is 1.99. The average molecular weight is 207 g/mol. The first-order chi connectivity index (χ1) is 6.64. The normalized spacial score (nSPS) is 12.9. The van der Waals surface area contributed by atoms with E-state index in [1.807, 2.05) is 39.1 Å². The Morgan fingerprint density at radius 1 is 1.07 bits per heavy atom. The van der Waals surface area contributed by atoms with Gasteiger partial charge in [-0.2, -0.15) is 0 Å². The summed E-state index contributed by atoms with van der Waals surface area (Å²) in [6.07, 6.45) is 1.86. The smallest absolute Gasteiger partial charge is 0.254 e. The van der Waals surface area contributed by atoms with Crippen LogP contribution in [0.2, 0.25) is 0 Å². The van der Waals surface area contributed by atoms with Gasteiger partial charge in [-0.1, -0.05) is 26.8 Å². The van der Waals surface area contributed by atoms with Crippen LogP contribution in [0.15, 0.2) is 23.1 Å². The lowest BCUT2D eigenvalue weighted by Gasteiger charge is -2.26. The van der Waals surface area contributed by atoms with E-state index in [2.05, 4.69) is 20.8 Å². The Bertz CT molecular complexity index is 367. The molecule has 0 fully saturated rings. The Kier molecular flexibility index (Phi) is 2.81. The second kappa shape index (κ2) is 3.51. The summed E-state index contributed by atoms with van der Waals surface area (Å²) in [5, 5.41) is 0. The quantitative estimate of drug-likeness (QED) is 0.641. The van der Waals surface area contributed by atoms with Crippen LogP contribution in [0.1, 0.15) is 47.1 Å². The minimum atomic E-state index is -0.154. The van der Waals surface area contributed by atoms with Crippen molar-refractivity contribution in [1.29, 1.82) is 0 Å². The molecule has 1 rings (SSSR count). The lowest BCUT2D eigenvalue weighted by molar-refractivity contribution is 0.378. The molecule has 2 heteroatoms. The van der Waals surface area contributed by atoms with E-state index in [0.29, 0.717) is 0 Å². The van der Waals surface area contributed by atoms with Crippen molar-refractivity contribution < 1.29 is 0 Å². The van der Waals surface area contributed by atoms with E-state index in [0.717, 1.165) is 5.56 Å². The third-order valence-corrected chi connectivity index (χ3v) is 2.48. The van der Waals surface area contributed by atoms with Gasteiger partial charge in [-0.05, 0) is 32.3 Å². The van der Waals surface area contributed by atoms with E-state index in [4.69, 9.17) is 0 Å². The van der Waals surface area contributed by atoms with Gasteiger partial charge in [0.05, 0.1) is 0 Å². The van der Waals surface area contributed by atoms with E-state index < -0.39 is 0 Å². The van der Waals surface area contributed by atoms with Gasteiger partial charge in [-0.25, -0.2) is 0 Å². The minimum Gasteiger partial charge on any atom is -0.310 e. The SMILES string of the molecule is CC(C)(C)c1cccn(C(C)(C)C)c1=O. The maximum absolute atomic E-state index is 12.2. The van der Waals surface area contributed by atoms with Gasteiger partial charge >= 0.3 is 0 Å². The van der Waals surface area contributed by atoms with Gasteiger partial charge in [0.25, 0.3) is 5.56 Å². The maximum atomic E-state index is 12.2. The van der Waals surface area contributed by atoms with Crippen LogP contribution in [-0.4, -0.2) is 4.57 Å². The molecule has 0 atom stereocenters. The summed E-state index contributed by atoms with van der Waals surface area (Å²) in [6, 6.07) is 3.87. The molecule has 0 bridgehead atoms. The number of aromatic nitrogens is 1. The van der Waals surface area contributed by atoms with Crippen molar-refractivity contribution in [3.8, 4) is 0 Å². The highest BCUT2D eigenvalue weighted by molar-refractivity contribution is 5.20. The second-order valence-electron chi connectivity index (χ2n) is 6.02. The first kappa shape index (κ1) is 12.0. The molecule has 0 aromatic carbocycles. The zero-order valence-corrected chi connectivity index (χ0v) is 10.6. The van der Waals surface area contributed by atoms with Crippen LogP contribution in [0.3, 0.4) is 0 Å². The van der Waals surface area contributed by atoms with Crippen LogP contribution >= 0.6 is 0 Å². The van der Waals surface area contributed by atoms with E-state index >= 15 is 0 Å². The van der Waals surface area contributed by atoms with Crippen molar-refractivity contribution >= 4 is 0 Å². The monoisotopic (exact) mass is 207 g/mol. The first-order valence-corrected chi connectivity index (χ1v) is 5.36. The van der Waals surface area contributed by atoms with Crippen LogP contribution in [0.4, 0.5) is 0 Å². The largest absolute Gasteiger partial charge is 0.310 e. The number of nitrogens with zero attached hydrogens (tertiary/aromatic N) is 1. The van der Waals surface area contributed by atoms with E-state index in [-0.39, 0.29) is 16.5 Å². The lowest BCUT2D eigenvalue weighted by Crippen LogP contribution is -2.37. The Morgan fingerprint density at radius 3 is 2.00 bits per heavy atom. The number of hydrogen-bond donors (Lipinski definition) is 0.